The number of rotatable bonds is 7. The summed E-state index contributed by atoms with van der Waals surface area (Å²) in [6.07, 6.45) is 12.4. The highest BCUT2D eigenvalue weighted by Gasteiger charge is 2.21. The lowest BCUT2D eigenvalue weighted by Crippen LogP contribution is -2.30. The Hall–Kier alpha value is -3.73. The Labute approximate surface area is 190 Å². The summed E-state index contributed by atoms with van der Waals surface area (Å²) in [6.45, 7) is 8.53. The van der Waals surface area contributed by atoms with Crippen LogP contribution in [0.2, 0.25) is 0 Å². The number of hydrogen-bond donors (Lipinski definition) is 1. The van der Waals surface area contributed by atoms with Crippen LogP contribution in [-0.4, -0.2) is 27.3 Å². The van der Waals surface area contributed by atoms with Crippen molar-refractivity contribution in [2.75, 3.05) is 12.3 Å². The number of fused-ring (bicyclic) bond motifs is 1. The van der Waals surface area contributed by atoms with Gasteiger partial charge in [0.1, 0.15) is 0 Å². The van der Waals surface area contributed by atoms with Crippen LogP contribution in [0, 0.1) is 0 Å². The number of anilines is 1. The van der Waals surface area contributed by atoms with E-state index in [0.717, 1.165) is 39.9 Å². The van der Waals surface area contributed by atoms with Crippen LogP contribution in [-0.2, 0) is 0 Å². The summed E-state index contributed by atoms with van der Waals surface area (Å²) in [5.74, 6) is -0.132. The number of amides is 1. The molecule has 0 unspecified atom stereocenters. The fourth-order valence-electron chi connectivity index (χ4n) is 3.39. The summed E-state index contributed by atoms with van der Waals surface area (Å²) >= 11 is 0. The van der Waals surface area contributed by atoms with Gasteiger partial charge in [0, 0.05) is 35.6 Å². The maximum Gasteiger partial charge on any atom is 0.260 e. The Morgan fingerprint density at radius 2 is 1.97 bits per heavy atom. The van der Waals surface area contributed by atoms with E-state index in [4.69, 9.17) is 10.7 Å². The molecule has 32 heavy (non-hydrogen) atoms. The molecule has 0 radical (unpaired) electrons. The van der Waals surface area contributed by atoms with E-state index in [1.807, 2.05) is 75.4 Å². The minimum Gasteiger partial charge on any atom is -0.398 e. The summed E-state index contributed by atoms with van der Waals surface area (Å²) in [5, 5.41) is 0.761. The van der Waals surface area contributed by atoms with Crippen LogP contribution in [0.3, 0.4) is 0 Å². The molecule has 0 spiro atoms. The van der Waals surface area contributed by atoms with Crippen LogP contribution in [0.4, 0.5) is 5.69 Å². The van der Waals surface area contributed by atoms with E-state index in [0.29, 0.717) is 17.8 Å². The fraction of sp³-hybridized carbons (Fsp3) is 0.222. The molecule has 2 N–H and O–H groups in total. The van der Waals surface area contributed by atoms with Crippen LogP contribution in [0.5, 0.6) is 0 Å². The molecule has 0 fully saturated rings. The second-order valence-corrected chi connectivity index (χ2v) is 7.75. The predicted molar refractivity (Wildman–Crippen MR) is 133 cm³/mol. The van der Waals surface area contributed by atoms with Gasteiger partial charge in [0.25, 0.3) is 5.91 Å². The molecule has 0 aliphatic rings. The van der Waals surface area contributed by atoms with Gasteiger partial charge in [-0.15, -0.1) is 0 Å². The molecule has 5 heteroatoms. The van der Waals surface area contributed by atoms with Gasteiger partial charge < -0.3 is 10.6 Å². The van der Waals surface area contributed by atoms with Crippen molar-refractivity contribution in [3.8, 4) is 11.3 Å². The van der Waals surface area contributed by atoms with Crippen molar-refractivity contribution < 1.29 is 4.79 Å². The number of nitrogens with zero attached hydrogens (tertiary/aromatic N) is 3. The monoisotopic (exact) mass is 426 g/mol. The van der Waals surface area contributed by atoms with E-state index in [2.05, 4.69) is 11.9 Å². The molecule has 164 valence electrons. The average molecular weight is 427 g/mol. The third kappa shape index (κ3) is 5.11. The number of carbonyl (C=O) groups excluding carboxylic acids is 1. The van der Waals surface area contributed by atoms with Gasteiger partial charge in [0.2, 0.25) is 0 Å². The second-order valence-electron chi connectivity index (χ2n) is 7.75. The summed E-state index contributed by atoms with van der Waals surface area (Å²) < 4.78 is 0. The number of hydrogen-bond acceptors (Lipinski definition) is 4. The molecule has 0 saturated carbocycles. The third-order valence-corrected chi connectivity index (χ3v) is 5.16. The number of pyridine rings is 2. The molecule has 5 nitrogen and oxygen atoms in total. The molecular weight excluding hydrogens is 396 g/mol. The zero-order valence-corrected chi connectivity index (χ0v) is 19.2. The first kappa shape index (κ1) is 22.9. The number of benzene rings is 1. The van der Waals surface area contributed by atoms with Crippen molar-refractivity contribution in [2.45, 2.75) is 34.1 Å². The Morgan fingerprint density at radius 1 is 1.16 bits per heavy atom. The largest absolute Gasteiger partial charge is 0.398 e. The summed E-state index contributed by atoms with van der Waals surface area (Å²) in [7, 11) is 0. The van der Waals surface area contributed by atoms with Crippen molar-refractivity contribution in [1.82, 2.24) is 14.9 Å². The molecule has 0 bridgehead atoms. The maximum atomic E-state index is 13.6. The van der Waals surface area contributed by atoms with Crippen molar-refractivity contribution >= 4 is 22.5 Å². The molecular formula is C27H30N4O. The lowest BCUT2D eigenvalue weighted by Gasteiger charge is -2.24. The highest BCUT2D eigenvalue weighted by atomic mass is 16.2. The molecule has 3 aromatic rings. The van der Waals surface area contributed by atoms with Crippen LogP contribution in [0.25, 0.3) is 22.2 Å². The van der Waals surface area contributed by atoms with E-state index in [1.165, 1.54) is 0 Å². The highest BCUT2D eigenvalue weighted by molar-refractivity contribution is 6.07. The van der Waals surface area contributed by atoms with Crippen LogP contribution in [0.1, 0.15) is 44.5 Å². The standard InChI is InChI=1S/C27H30N4O/c1-5-7-10-21(6-2)31(17-15-19(3)4)27(32)23-12-14-25-22(26(23)28)11-13-24(30-25)20-9-8-16-29-18-20/h6-16,18H,5,17,28H2,1-4H3/b10-7-,21-6+. The fourth-order valence-corrected chi connectivity index (χ4v) is 3.39. The minimum atomic E-state index is -0.132. The first-order valence-electron chi connectivity index (χ1n) is 10.8. The van der Waals surface area contributed by atoms with Gasteiger partial charge in [-0.25, -0.2) is 4.98 Å². The number of aromatic nitrogens is 2. The SMILES string of the molecule is C/C=C(\C=C/CC)N(CC=C(C)C)C(=O)c1ccc2nc(-c3cccnc3)ccc2c1N. The lowest BCUT2D eigenvalue weighted by molar-refractivity contribution is 0.0825. The number of nitrogens with two attached hydrogens (primary N) is 1. The number of carbonyl (C=O) groups is 1. The Bertz CT molecular complexity index is 1190. The Balaban J connectivity index is 2.03. The van der Waals surface area contributed by atoms with Gasteiger partial charge in [0.05, 0.1) is 22.5 Å². The molecule has 0 aliphatic heterocycles. The van der Waals surface area contributed by atoms with Gasteiger partial charge in [-0.1, -0.05) is 30.7 Å². The van der Waals surface area contributed by atoms with Crippen LogP contribution < -0.4 is 5.73 Å². The van der Waals surface area contributed by atoms with Gasteiger partial charge in [-0.2, -0.15) is 0 Å². The summed E-state index contributed by atoms with van der Waals surface area (Å²) in [4.78, 5) is 24.2. The molecule has 0 atom stereocenters. The van der Waals surface area contributed by atoms with E-state index < -0.39 is 0 Å². The molecule has 2 aromatic heterocycles. The van der Waals surface area contributed by atoms with Crippen molar-refractivity contribution in [2.24, 2.45) is 0 Å². The lowest BCUT2D eigenvalue weighted by atomic mass is 10.0. The summed E-state index contributed by atoms with van der Waals surface area (Å²) in [6, 6.07) is 11.3. The quantitative estimate of drug-likeness (QED) is 0.279. The predicted octanol–water partition coefficient (Wildman–Crippen LogP) is 6.16. The molecule has 0 saturated heterocycles. The van der Waals surface area contributed by atoms with Crippen molar-refractivity contribution in [3.05, 3.63) is 89.9 Å². The van der Waals surface area contributed by atoms with Gasteiger partial charge >= 0.3 is 0 Å². The van der Waals surface area contributed by atoms with E-state index in [-0.39, 0.29) is 5.91 Å². The molecule has 2 heterocycles. The zero-order chi connectivity index (χ0) is 23.1. The van der Waals surface area contributed by atoms with Gasteiger partial charge in [0.15, 0.2) is 0 Å². The molecule has 1 amide bonds. The van der Waals surface area contributed by atoms with Crippen LogP contribution >= 0.6 is 0 Å². The average Bonchev–Trinajstić information content (AvgIpc) is 2.81. The zero-order valence-electron chi connectivity index (χ0n) is 19.2. The first-order valence-corrected chi connectivity index (χ1v) is 10.8. The van der Waals surface area contributed by atoms with Crippen molar-refractivity contribution in [1.29, 1.82) is 0 Å². The number of allylic oxidation sites excluding steroid dienone is 4. The van der Waals surface area contributed by atoms with Crippen molar-refractivity contribution in [3.63, 3.8) is 0 Å². The highest BCUT2D eigenvalue weighted by Crippen LogP contribution is 2.28. The van der Waals surface area contributed by atoms with E-state index >= 15 is 0 Å². The molecule has 0 aliphatic carbocycles. The molecule has 3 rings (SSSR count). The van der Waals surface area contributed by atoms with E-state index in [9.17, 15) is 4.79 Å². The third-order valence-electron chi connectivity index (χ3n) is 5.16. The molecule has 1 aromatic carbocycles. The van der Waals surface area contributed by atoms with Gasteiger partial charge in [-0.3, -0.25) is 9.78 Å². The smallest absolute Gasteiger partial charge is 0.260 e. The summed E-state index contributed by atoms with van der Waals surface area (Å²) in [5.41, 5.74) is 11.9. The normalized spacial score (nSPS) is 11.7. The topological polar surface area (TPSA) is 72.1 Å². The van der Waals surface area contributed by atoms with E-state index in [1.54, 1.807) is 23.4 Å². The Morgan fingerprint density at radius 3 is 2.62 bits per heavy atom. The second kappa shape index (κ2) is 10.5. The van der Waals surface area contributed by atoms with Gasteiger partial charge in [-0.05, 0) is 69.7 Å². The first-order chi connectivity index (χ1) is 15.5. The van der Waals surface area contributed by atoms with Crippen LogP contribution in [0.15, 0.2) is 84.4 Å². The maximum absolute atomic E-state index is 13.6. The Kier molecular flexibility index (Phi) is 7.55. The minimum absolute atomic E-state index is 0.132. The number of nitrogen functional groups attached to an aromatic ring is 1.